The predicted molar refractivity (Wildman–Crippen MR) is 112 cm³/mol. The molecule has 1 heterocycles. The first-order valence-corrected chi connectivity index (χ1v) is 9.18. The fourth-order valence-electron chi connectivity index (χ4n) is 2.88. The van der Waals surface area contributed by atoms with Crippen LogP contribution in [0.2, 0.25) is 0 Å². The van der Waals surface area contributed by atoms with E-state index in [1.54, 1.807) is 36.5 Å². The van der Waals surface area contributed by atoms with Crippen molar-refractivity contribution in [2.45, 2.75) is 13.8 Å². The van der Waals surface area contributed by atoms with Crippen LogP contribution in [0.15, 0.2) is 60.8 Å². The number of hydrogen-bond acceptors (Lipinski definition) is 6. The molecule has 3 aromatic rings. The molecule has 0 atom stereocenters. The number of amides is 1. The standard InChI is InChI=1S/C22H22N4O3/c1-4-26(18-10-5-7-15(2)13-18)22-23-12-11-19(25-22)20(27)24-17-9-6-8-16(14-17)21(28)29-3/h5-14H,4H2,1-3H3,(H,24,27). The normalized spacial score (nSPS) is 10.3. The summed E-state index contributed by atoms with van der Waals surface area (Å²) in [4.78, 5) is 35.0. The summed E-state index contributed by atoms with van der Waals surface area (Å²) in [5.41, 5.74) is 3.13. The van der Waals surface area contributed by atoms with Crippen molar-refractivity contribution in [3.63, 3.8) is 0 Å². The average Bonchev–Trinajstić information content (AvgIpc) is 2.74. The number of rotatable bonds is 6. The maximum Gasteiger partial charge on any atom is 0.337 e. The SMILES string of the molecule is CCN(c1cccc(C)c1)c1nccc(C(=O)Nc2cccc(C(=O)OC)c2)n1. The maximum absolute atomic E-state index is 12.7. The molecule has 0 aliphatic carbocycles. The van der Waals surface area contributed by atoms with Gasteiger partial charge < -0.3 is 15.0 Å². The number of nitrogens with one attached hydrogen (secondary N) is 1. The Morgan fingerprint density at radius 2 is 1.90 bits per heavy atom. The number of nitrogens with zero attached hydrogens (tertiary/aromatic N) is 3. The Kier molecular flexibility index (Phi) is 6.19. The van der Waals surface area contributed by atoms with Gasteiger partial charge >= 0.3 is 5.97 Å². The van der Waals surface area contributed by atoms with Crippen molar-refractivity contribution in [2.24, 2.45) is 0 Å². The summed E-state index contributed by atoms with van der Waals surface area (Å²) in [7, 11) is 1.31. The largest absolute Gasteiger partial charge is 0.465 e. The van der Waals surface area contributed by atoms with Gasteiger partial charge in [-0.2, -0.15) is 0 Å². The molecule has 148 valence electrons. The fraction of sp³-hybridized carbons (Fsp3) is 0.182. The molecule has 0 aliphatic rings. The van der Waals surface area contributed by atoms with Gasteiger partial charge in [0.1, 0.15) is 5.69 Å². The molecule has 0 saturated carbocycles. The van der Waals surface area contributed by atoms with Crippen LogP contribution in [0, 0.1) is 6.92 Å². The number of aromatic nitrogens is 2. The molecule has 0 radical (unpaired) electrons. The van der Waals surface area contributed by atoms with E-state index in [4.69, 9.17) is 4.74 Å². The molecule has 0 saturated heterocycles. The maximum atomic E-state index is 12.7. The highest BCUT2D eigenvalue weighted by molar-refractivity contribution is 6.03. The minimum Gasteiger partial charge on any atom is -0.465 e. The van der Waals surface area contributed by atoms with E-state index in [0.717, 1.165) is 11.3 Å². The highest BCUT2D eigenvalue weighted by atomic mass is 16.5. The van der Waals surface area contributed by atoms with E-state index < -0.39 is 11.9 Å². The summed E-state index contributed by atoms with van der Waals surface area (Å²) in [6.07, 6.45) is 1.56. The molecule has 0 fully saturated rings. The summed E-state index contributed by atoms with van der Waals surface area (Å²) in [5.74, 6) is -0.424. The Labute approximate surface area is 169 Å². The number of carbonyl (C=O) groups is 2. The molecule has 0 unspecified atom stereocenters. The zero-order chi connectivity index (χ0) is 20.8. The van der Waals surface area contributed by atoms with Crippen molar-refractivity contribution >= 4 is 29.2 Å². The number of esters is 1. The van der Waals surface area contributed by atoms with Gasteiger partial charge in [-0.3, -0.25) is 4.79 Å². The average molecular weight is 390 g/mol. The van der Waals surface area contributed by atoms with Crippen LogP contribution in [0.5, 0.6) is 0 Å². The number of ether oxygens (including phenoxy) is 1. The van der Waals surface area contributed by atoms with Gasteiger partial charge in [0.25, 0.3) is 5.91 Å². The zero-order valence-corrected chi connectivity index (χ0v) is 16.5. The number of anilines is 3. The summed E-state index contributed by atoms with van der Waals surface area (Å²) in [6, 6.07) is 16.1. The molecule has 7 nitrogen and oxygen atoms in total. The molecular formula is C22H22N4O3. The number of hydrogen-bond donors (Lipinski definition) is 1. The van der Waals surface area contributed by atoms with Crippen molar-refractivity contribution in [1.82, 2.24) is 9.97 Å². The monoisotopic (exact) mass is 390 g/mol. The number of carbonyl (C=O) groups excluding carboxylic acids is 2. The minimum atomic E-state index is -0.470. The van der Waals surface area contributed by atoms with Gasteiger partial charge in [0.15, 0.2) is 0 Å². The lowest BCUT2D eigenvalue weighted by molar-refractivity contribution is 0.0600. The number of methoxy groups -OCH3 is 1. The third-order valence-electron chi connectivity index (χ3n) is 4.29. The summed E-state index contributed by atoms with van der Waals surface area (Å²) >= 11 is 0. The van der Waals surface area contributed by atoms with E-state index in [1.165, 1.54) is 7.11 Å². The van der Waals surface area contributed by atoms with Gasteiger partial charge in [-0.1, -0.05) is 18.2 Å². The van der Waals surface area contributed by atoms with E-state index in [2.05, 4.69) is 15.3 Å². The lowest BCUT2D eigenvalue weighted by Crippen LogP contribution is -2.21. The third kappa shape index (κ3) is 4.76. The molecule has 2 aromatic carbocycles. The quantitative estimate of drug-likeness (QED) is 0.641. The highest BCUT2D eigenvalue weighted by Crippen LogP contribution is 2.23. The van der Waals surface area contributed by atoms with E-state index in [9.17, 15) is 9.59 Å². The molecule has 7 heteroatoms. The second kappa shape index (κ2) is 8.97. The van der Waals surface area contributed by atoms with Crippen LogP contribution in [0.3, 0.4) is 0 Å². The van der Waals surface area contributed by atoms with Crippen LogP contribution in [0.25, 0.3) is 0 Å². The van der Waals surface area contributed by atoms with Crippen molar-refractivity contribution in [3.05, 3.63) is 77.6 Å². The molecule has 1 N–H and O–H groups in total. The number of benzene rings is 2. The summed E-state index contributed by atoms with van der Waals surface area (Å²) in [5, 5.41) is 2.76. The van der Waals surface area contributed by atoms with Crippen molar-refractivity contribution < 1.29 is 14.3 Å². The van der Waals surface area contributed by atoms with Crippen molar-refractivity contribution in [1.29, 1.82) is 0 Å². The van der Waals surface area contributed by atoms with E-state index in [-0.39, 0.29) is 5.69 Å². The van der Waals surface area contributed by atoms with Gasteiger partial charge in [-0.25, -0.2) is 14.8 Å². The Morgan fingerprint density at radius 1 is 1.10 bits per heavy atom. The van der Waals surface area contributed by atoms with Crippen LogP contribution in [0.4, 0.5) is 17.3 Å². The lowest BCUT2D eigenvalue weighted by atomic mass is 10.2. The van der Waals surface area contributed by atoms with Crippen molar-refractivity contribution in [2.75, 3.05) is 23.9 Å². The van der Waals surface area contributed by atoms with Gasteiger partial charge in [0, 0.05) is 24.1 Å². The third-order valence-corrected chi connectivity index (χ3v) is 4.29. The van der Waals surface area contributed by atoms with Gasteiger partial charge in [-0.15, -0.1) is 0 Å². The molecule has 3 rings (SSSR count). The highest BCUT2D eigenvalue weighted by Gasteiger charge is 2.15. The number of aryl methyl sites for hydroxylation is 1. The molecule has 29 heavy (non-hydrogen) atoms. The predicted octanol–water partition coefficient (Wildman–Crippen LogP) is 3.98. The van der Waals surface area contributed by atoms with Crippen LogP contribution in [0.1, 0.15) is 33.3 Å². The minimum absolute atomic E-state index is 0.226. The first kappa shape index (κ1) is 20.0. The van der Waals surface area contributed by atoms with Gasteiger partial charge in [-0.05, 0) is 55.8 Å². The van der Waals surface area contributed by atoms with Gasteiger partial charge in [0.2, 0.25) is 5.95 Å². The first-order chi connectivity index (χ1) is 14.0. The molecule has 1 amide bonds. The van der Waals surface area contributed by atoms with E-state index in [1.807, 2.05) is 43.0 Å². The zero-order valence-electron chi connectivity index (χ0n) is 16.5. The van der Waals surface area contributed by atoms with Crippen LogP contribution in [-0.2, 0) is 4.74 Å². The van der Waals surface area contributed by atoms with Gasteiger partial charge in [0.05, 0.1) is 12.7 Å². The van der Waals surface area contributed by atoms with Crippen LogP contribution < -0.4 is 10.2 Å². The second-order valence-corrected chi connectivity index (χ2v) is 6.35. The molecule has 0 bridgehead atoms. The Morgan fingerprint density at radius 3 is 2.62 bits per heavy atom. The second-order valence-electron chi connectivity index (χ2n) is 6.35. The Bertz CT molecular complexity index is 1040. The topological polar surface area (TPSA) is 84.4 Å². The first-order valence-electron chi connectivity index (χ1n) is 9.18. The Hall–Kier alpha value is -3.74. The van der Waals surface area contributed by atoms with E-state index in [0.29, 0.717) is 23.7 Å². The van der Waals surface area contributed by atoms with Crippen molar-refractivity contribution in [3.8, 4) is 0 Å². The van der Waals surface area contributed by atoms with E-state index >= 15 is 0 Å². The molecule has 1 aromatic heterocycles. The smallest absolute Gasteiger partial charge is 0.337 e. The summed E-state index contributed by atoms with van der Waals surface area (Å²) in [6.45, 7) is 4.66. The van der Waals surface area contributed by atoms with Crippen LogP contribution >= 0.6 is 0 Å². The molecule has 0 spiro atoms. The lowest BCUT2D eigenvalue weighted by Gasteiger charge is -2.21. The van der Waals surface area contributed by atoms with Crippen LogP contribution in [-0.4, -0.2) is 35.5 Å². The fourth-order valence-corrected chi connectivity index (χ4v) is 2.88. The Balaban J connectivity index is 1.83. The molecular weight excluding hydrogens is 368 g/mol. The summed E-state index contributed by atoms with van der Waals surface area (Å²) < 4.78 is 4.71. The molecule has 0 aliphatic heterocycles.